The van der Waals surface area contributed by atoms with Gasteiger partial charge in [-0.2, -0.15) is 0 Å². The number of carbonyl (C=O) groups excluding carboxylic acids is 1. The molecule has 2 aromatic rings. The molecule has 0 spiro atoms. The lowest BCUT2D eigenvalue weighted by Gasteiger charge is -2.21. The van der Waals surface area contributed by atoms with Crippen LogP contribution in [0.15, 0.2) is 54.1 Å². The maximum atomic E-state index is 13.8. The second kappa shape index (κ2) is 8.63. The summed E-state index contributed by atoms with van der Waals surface area (Å²) in [5, 5.41) is 6.05. The highest BCUT2D eigenvalue weighted by atomic mass is 19.1. The van der Waals surface area contributed by atoms with E-state index in [-0.39, 0.29) is 5.82 Å². The third-order valence-corrected chi connectivity index (χ3v) is 4.37. The van der Waals surface area contributed by atoms with Crippen molar-refractivity contribution in [2.75, 3.05) is 25.0 Å². The molecular formula is C21H23FN2O2. The van der Waals surface area contributed by atoms with Crippen molar-refractivity contribution in [2.45, 2.75) is 19.8 Å². The smallest absolute Gasteiger partial charge is 0.411 e. The van der Waals surface area contributed by atoms with Gasteiger partial charge in [0.05, 0.1) is 6.61 Å². The summed E-state index contributed by atoms with van der Waals surface area (Å²) in [5.74, 6) is -0.241. The van der Waals surface area contributed by atoms with Crippen LogP contribution in [-0.2, 0) is 4.74 Å². The van der Waals surface area contributed by atoms with Gasteiger partial charge in [0.15, 0.2) is 0 Å². The molecule has 0 atom stereocenters. The Balaban J connectivity index is 1.93. The molecule has 1 aliphatic rings. The van der Waals surface area contributed by atoms with Gasteiger partial charge in [-0.15, -0.1) is 0 Å². The first-order chi connectivity index (χ1) is 12.7. The fourth-order valence-corrected chi connectivity index (χ4v) is 3.20. The Morgan fingerprint density at radius 3 is 2.50 bits per heavy atom. The van der Waals surface area contributed by atoms with Crippen molar-refractivity contribution in [1.82, 2.24) is 5.32 Å². The van der Waals surface area contributed by atoms with Gasteiger partial charge in [0.2, 0.25) is 0 Å². The standard InChI is InChI=1S/C21H23FN2O2/c1-2-26-21(25)24-19-8-6-15(7-9-19)20(16-10-12-23-13-11-16)17-4-3-5-18(22)14-17/h3-9,14,23H,2,10-13H2,1H3,(H,24,25). The lowest BCUT2D eigenvalue weighted by atomic mass is 9.88. The van der Waals surface area contributed by atoms with Crippen LogP contribution in [0, 0.1) is 5.82 Å². The Hall–Kier alpha value is -2.66. The molecule has 4 nitrogen and oxygen atoms in total. The van der Waals surface area contributed by atoms with Gasteiger partial charge in [-0.1, -0.05) is 29.8 Å². The lowest BCUT2D eigenvalue weighted by Crippen LogP contribution is -2.23. The van der Waals surface area contributed by atoms with E-state index in [1.54, 1.807) is 19.1 Å². The Morgan fingerprint density at radius 1 is 1.12 bits per heavy atom. The van der Waals surface area contributed by atoms with E-state index >= 15 is 0 Å². The number of hydrogen-bond acceptors (Lipinski definition) is 3. The fraction of sp³-hybridized carbons (Fsp3) is 0.286. The molecular weight excluding hydrogens is 331 g/mol. The molecule has 3 rings (SSSR count). The topological polar surface area (TPSA) is 50.4 Å². The molecule has 1 fully saturated rings. The van der Waals surface area contributed by atoms with Crippen LogP contribution in [0.25, 0.3) is 5.57 Å². The number of ether oxygens (including phenoxy) is 1. The third-order valence-electron chi connectivity index (χ3n) is 4.37. The summed E-state index contributed by atoms with van der Waals surface area (Å²) in [6.07, 6.45) is 1.41. The molecule has 1 saturated heterocycles. The summed E-state index contributed by atoms with van der Waals surface area (Å²) in [4.78, 5) is 11.5. The number of nitrogens with one attached hydrogen (secondary N) is 2. The molecule has 0 saturated carbocycles. The minimum atomic E-state index is -0.470. The van der Waals surface area contributed by atoms with Crippen LogP contribution in [0.3, 0.4) is 0 Å². The predicted molar refractivity (Wildman–Crippen MR) is 102 cm³/mol. The maximum Gasteiger partial charge on any atom is 0.411 e. The molecule has 5 heteroatoms. The number of amides is 1. The van der Waals surface area contributed by atoms with Gasteiger partial charge in [0, 0.05) is 5.69 Å². The molecule has 0 bridgehead atoms. The zero-order valence-corrected chi connectivity index (χ0v) is 14.8. The van der Waals surface area contributed by atoms with Gasteiger partial charge in [0.25, 0.3) is 0 Å². The van der Waals surface area contributed by atoms with Crippen molar-refractivity contribution in [1.29, 1.82) is 0 Å². The molecule has 2 aromatic carbocycles. The van der Waals surface area contributed by atoms with E-state index in [1.807, 2.05) is 30.3 Å². The van der Waals surface area contributed by atoms with Crippen LogP contribution in [0.4, 0.5) is 14.9 Å². The van der Waals surface area contributed by atoms with E-state index in [0.29, 0.717) is 12.3 Å². The van der Waals surface area contributed by atoms with Gasteiger partial charge >= 0.3 is 6.09 Å². The van der Waals surface area contributed by atoms with E-state index in [4.69, 9.17) is 4.74 Å². The molecule has 136 valence electrons. The monoisotopic (exact) mass is 354 g/mol. The van der Waals surface area contributed by atoms with E-state index in [2.05, 4.69) is 10.6 Å². The molecule has 0 aliphatic carbocycles. The summed E-state index contributed by atoms with van der Waals surface area (Å²) in [5.41, 5.74) is 4.96. The molecule has 1 heterocycles. The first-order valence-corrected chi connectivity index (χ1v) is 8.90. The predicted octanol–water partition coefficient (Wildman–Crippen LogP) is 4.58. The number of hydrogen-bond donors (Lipinski definition) is 2. The SMILES string of the molecule is CCOC(=O)Nc1ccc(C(=C2CCNCC2)c2cccc(F)c2)cc1. The summed E-state index contributed by atoms with van der Waals surface area (Å²) in [6, 6.07) is 14.3. The minimum Gasteiger partial charge on any atom is -0.450 e. The zero-order chi connectivity index (χ0) is 18.4. The van der Waals surface area contributed by atoms with Crippen LogP contribution in [0.5, 0.6) is 0 Å². The van der Waals surface area contributed by atoms with Crippen molar-refractivity contribution in [3.05, 3.63) is 71.0 Å². The highest BCUT2D eigenvalue weighted by Crippen LogP contribution is 2.32. The van der Waals surface area contributed by atoms with Gasteiger partial charge in [-0.3, -0.25) is 5.32 Å². The summed E-state index contributed by atoms with van der Waals surface area (Å²) in [7, 11) is 0. The Labute approximate surface area is 153 Å². The van der Waals surface area contributed by atoms with Gasteiger partial charge < -0.3 is 10.1 Å². The van der Waals surface area contributed by atoms with Crippen molar-refractivity contribution in [2.24, 2.45) is 0 Å². The van der Waals surface area contributed by atoms with E-state index < -0.39 is 6.09 Å². The van der Waals surface area contributed by atoms with Crippen LogP contribution < -0.4 is 10.6 Å². The quantitative estimate of drug-likeness (QED) is 0.845. The van der Waals surface area contributed by atoms with Crippen molar-refractivity contribution >= 4 is 17.4 Å². The van der Waals surface area contributed by atoms with Crippen LogP contribution in [0.1, 0.15) is 30.9 Å². The second-order valence-corrected chi connectivity index (χ2v) is 6.16. The Bertz CT molecular complexity index is 792. The van der Waals surface area contributed by atoms with Crippen LogP contribution >= 0.6 is 0 Å². The molecule has 1 aliphatic heterocycles. The number of piperidine rings is 1. The highest BCUT2D eigenvalue weighted by Gasteiger charge is 2.15. The largest absolute Gasteiger partial charge is 0.450 e. The third kappa shape index (κ3) is 4.49. The number of anilines is 1. The maximum absolute atomic E-state index is 13.8. The van der Waals surface area contributed by atoms with Crippen molar-refractivity contribution < 1.29 is 13.9 Å². The zero-order valence-electron chi connectivity index (χ0n) is 14.8. The van der Waals surface area contributed by atoms with Crippen molar-refractivity contribution in [3.63, 3.8) is 0 Å². The molecule has 26 heavy (non-hydrogen) atoms. The van der Waals surface area contributed by atoms with Crippen molar-refractivity contribution in [3.8, 4) is 0 Å². The van der Waals surface area contributed by atoms with E-state index in [0.717, 1.165) is 42.6 Å². The lowest BCUT2D eigenvalue weighted by molar-refractivity contribution is 0.168. The number of benzene rings is 2. The summed E-state index contributed by atoms with van der Waals surface area (Å²) >= 11 is 0. The molecule has 0 radical (unpaired) electrons. The van der Waals surface area contributed by atoms with Gasteiger partial charge in [-0.25, -0.2) is 9.18 Å². The number of carbonyl (C=O) groups is 1. The minimum absolute atomic E-state index is 0.241. The molecule has 2 N–H and O–H groups in total. The first kappa shape index (κ1) is 18.1. The Morgan fingerprint density at radius 2 is 1.85 bits per heavy atom. The number of halogens is 1. The van der Waals surface area contributed by atoms with E-state index in [1.165, 1.54) is 11.6 Å². The second-order valence-electron chi connectivity index (χ2n) is 6.16. The van der Waals surface area contributed by atoms with Gasteiger partial charge in [-0.05, 0) is 73.8 Å². The highest BCUT2D eigenvalue weighted by molar-refractivity contribution is 5.86. The average molecular weight is 354 g/mol. The summed E-state index contributed by atoms with van der Waals surface area (Å²) in [6.45, 7) is 3.94. The van der Waals surface area contributed by atoms with Crippen LogP contribution in [0.2, 0.25) is 0 Å². The summed E-state index contributed by atoms with van der Waals surface area (Å²) < 4.78 is 18.7. The van der Waals surface area contributed by atoms with Crippen LogP contribution in [-0.4, -0.2) is 25.8 Å². The van der Waals surface area contributed by atoms with Gasteiger partial charge in [0.1, 0.15) is 5.82 Å². The average Bonchev–Trinajstić information content (AvgIpc) is 2.65. The van der Waals surface area contributed by atoms with E-state index in [9.17, 15) is 9.18 Å². The number of rotatable bonds is 4. The fourth-order valence-electron chi connectivity index (χ4n) is 3.20. The molecule has 1 amide bonds. The first-order valence-electron chi connectivity index (χ1n) is 8.90. The molecule has 0 unspecified atom stereocenters. The molecule has 0 aromatic heterocycles. The normalized spacial score (nSPS) is 14.0. The Kier molecular flexibility index (Phi) is 6.02.